The third-order valence-electron chi connectivity index (χ3n) is 4.28. The van der Waals surface area contributed by atoms with Gasteiger partial charge in [-0.25, -0.2) is 0 Å². The highest BCUT2D eigenvalue weighted by Gasteiger charge is 2.34. The van der Waals surface area contributed by atoms with E-state index in [4.69, 9.17) is 12.2 Å². The summed E-state index contributed by atoms with van der Waals surface area (Å²) in [6, 6.07) is 17.0. The van der Waals surface area contributed by atoms with E-state index in [-0.39, 0.29) is 5.91 Å². The van der Waals surface area contributed by atoms with Gasteiger partial charge in [0.15, 0.2) is 4.32 Å². The molecule has 1 saturated heterocycles. The molecule has 1 aliphatic rings. The lowest BCUT2D eigenvalue weighted by molar-refractivity contribution is -0.398. The maximum Gasteiger partial charge on any atom is 0.270 e. The van der Waals surface area contributed by atoms with Gasteiger partial charge in [0.25, 0.3) is 11.6 Å². The monoisotopic (exact) mass is 407 g/mol. The van der Waals surface area contributed by atoms with Crippen molar-refractivity contribution in [1.29, 1.82) is 0 Å². The van der Waals surface area contributed by atoms with Gasteiger partial charge in [-0.3, -0.25) is 19.8 Å². The van der Waals surface area contributed by atoms with E-state index >= 15 is 0 Å². The second kappa shape index (κ2) is 7.06. The SMILES string of the molecule is O=C1/C(=C/c2ccc([O-])c([N+](=O)[O-])c2)SC(=S)N1c1cccc2ccccc12. The van der Waals surface area contributed by atoms with E-state index in [2.05, 4.69) is 0 Å². The maximum atomic E-state index is 13.0. The minimum absolute atomic E-state index is 0.305. The molecule has 1 aliphatic heterocycles. The van der Waals surface area contributed by atoms with Gasteiger partial charge in [0.1, 0.15) is 0 Å². The zero-order valence-corrected chi connectivity index (χ0v) is 15.8. The number of anilines is 1. The van der Waals surface area contributed by atoms with Gasteiger partial charge >= 0.3 is 0 Å². The number of benzene rings is 3. The summed E-state index contributed by atoms with van der Waals surface area (Å²) in [5.74, 6) is -0.981. The van der Waals surface area contributed by atoms with Crippen molar-refractivity contribution in [2.24, 2.45) is 0 Å². The molecule has 0 atom stereocenters. The molecule has 1 fully saturated rings. The quantitative estimate of drug-likeness (QED) is 0.280. The van der Waals surface area contributed by atoms with Gasteiger partial charge in [-0.15, -0.1) is 0 Å². The Morgan fingerprint density at radius 2 is 1.82 bits per heavy atom. The molecule has 8 heteroatoms. The normalized spacial score (nSPS) is 15.6. The third kappa shape index (κ3) is 3.12. The molecule has 0 unspecified atom stereocenters. The number of nitro benzene ring substituents is 1. The Kier molecular flexibility index (Phi) is 4.58. The molecular formula is C20H11N2O4S2-. The highest BCUT2D eigenvalue weighted by Crippen LogP contribution is 2.39. The summed E-state index contributed by atoms with van der Waals surface area (Å²) in [5, 5.41) is 24.4. The first kappa shape index (κ1) is 18.1. The van der Waals surface area contributed by atoms with Crippen molar-refractivity contribution < 1.29 is 14.8 Å². The summed E-state index contributed by atoms with van der Waals surface area (Å²) < 4.78 is 0.377. The van der Waals surface area contributed by atoms with Gasteiger partial charge in [-0.2, -0.15) is 0 Å². The molecule has 1 heterocycles. The van der Waals surface area contributed by atoms with Crippen molar-refractivity contribution in [3.8, 4) is 5.75 Å². The standard InChI is InChI=1S/C20H12N2O4S2/c23-17-9-8-12(10-16(17)22(25)26)11-18-19(24)21(20(27)28-18)15-7-3-5-13-4-1-2-6-14(13)15/h1-11,23H/p-1/b18-11-. The fourth-order valence-electron chi connectivity index (χ4n) is 3.00. The number of nitrogens with zero attached hydrogens (tertiary/aromatic N) is 2. The van der Waals surface area contributed by atoms with Crippen LogP contribution in [0.5, 0.6) is 5.75 Å². The highest BCUT2D eigenvalue weighted by atomic mass is 32.2. The zero-order chi connectivity index (χ0) is 19.8. The fourth-order valence-corrected chi connectivity index (χ4v) is 4.28. The molecule has 0 N–H and O–H groups in total. The lowest BCUT2D eigenvalue weighted by atomic mass is 10.1. The predicted molar refractivity (Wildman–Crippen MR) is 112 cm³/mol. The number of fused-ring (bicyclic) bond motifs is 1. The molecule has 4 rings (SSSR count). The predicted octanol–water partition coefficient (Wildman–Crippen LogP) is 4.23. The summed E-state index contributed by atoms with van der Waals surface area (Å²) in [6.07, 6.45) is 1.51. The van der Waals surface area contributed by atoms with Crippen LogP contribution in [0.25, 0.3) is 16.8 Å². The van der Waals surface area contributed by atoms with Crippen molar-refractivity contribution in [2.75, 3.05) is 4.90 Å². The van der Waals surface area contributed by atoms with Gasteiger partial charge in [0, 0.05) is 11.5 Å². The number of carbonyl (C=O) groups is 1. The van der Waals surface area contributed by atoms with Crippen LogP contribution in [0.3, 0.4) is 0 Å². The second-order valence-corrected chi connectivity index (χ2v) is 7.68. The van der Waals surface area contributed by atoms with E-state index in [0.29, 0.717) is 20.5 Å². The number of carbonyl (C=O) groups excluding carboxylic acids is 1. The number of thiocarbonyl (C=S) groups is 1. The Morgan fingerprint density at radius 1 is 1.07 bits per heavy atom. The van der Waals surface area contributed by atoms with Gasteiger partial charge in [-0.05, 0) is 28.8 Å². The lowest BCUT2D eigenvalue weighted by Crippen LogP contribution is -2.27. The summed E-state index contributed by atoms with van der Waals surface area (Å²) in [4.78, 5) is 25.0. The maximum absolute atomic E-state index is 13.0. The Hall–Kier alpha value is -3.23. The molecule has 0 spiro atoms. The highest BCUT2D eigenvalue weighted by molar-refractivity contribution is 8.27. The molecular weight excluding hydrogens is 396 g/mol. The van der Waals surface area contributed by atoms with Crippen molar-refractivity contribution in [2.45, 2.75) is 0 Å². The van der Waals surface area contributed by atoms with E-state index < -0.39 is 16.4 Å². The van der Waals surface area contributed by atoms with Crippen molar-refractivity contribution in [1.82, 2.24) is 0 Å². The molecule has 1 amide bonds. The molecule has 0 saturated carbocycles. The molecule has 6 nitrogen and oxygen atoms in total. The average Bonchev–Trinajstić information content (AvgIpc) is 2.96. The molecule has 28 heavy (non-hydrogen) atoms. The van der Waals surface area contributed by atoms with Gasteiger partial charge in [0.05, 0.1) is 15.5 Å². The first-order valence-corrected chi connectivity index (χ1v) is 9.39. The van der Waals surface area contributed by atoms with Crippen LogP contribution < -0.4 is 10.0 Å². The zero-order valence-electron chi connectivity index (χ0n) is 14.2. The average molecular weight is 407 g/mol. The van der Waals surface area contributed by atoms with Gasteiger partial charge < -0.3 is 5.11 Å². The number of hydrogen-bond donors (Lipinski definition) is 0. The third-order valence-corrected chi connectivity index (χ3v) is 5.58. The van der Waals surface area contributed by atoms with Crippen LogP contribution >= 0.6 is 24.0 Å². The fraction of sp³-hybridized carbons (Fsp3) is 0. The minimum atomic E-state index is -0.735. The Balaban J connectivity index is 1.75. The van der Waals surface area contributed by atoms with Crippen LogP contribution in [0.15, 0.2) is 65.6 Å². The number of rotatable bonds is 3. The molecule has 0 radical (unpaired) electrons. The Labute approximate surface area is 169 Å². The van der Waals surface area contributed by atoms with Crippen LogP contribution in [0.4, 0.5) is 11.4 Å². The number of thioether (sulfide) groups is 1. The van der Waals surface area contributed by atoms with Crippen LogP contribution in [-0.4, -0.2) is 15.2 Å². The molecule has 3 aromatic carbocycles. The molecule has 0 bridgehead atoms. The van der Waals surface area contributed by atoms with E-state index in [1.807, 2.05) is 42.5 Å². The molecule has 3 aromatic rings. The molecule has 138 valence electrons. The smallest absolute Gasteiger partial charge is 0.270 e. The Morgan fingerprint density at radius 3 is 2.61 bits per heavy atom. The van der Waals surface area contributed by atoms with Crippen LogP contribution in [-0.2, 0) is 4.79 Å². The second-order valence-electron chi connectivity index (χ2n) is 6.00. The van der Waals surface area contributed by atoms with Gasteiger partial charge in [-0.1, -0.05) is 72.5 Å². The first-order chi connectivity index (χ1) is 13.5. The first-order valence-electron chi connectivity index (χ1n) is 8.17. The van der Waals surface area contributed by atoms with E-state index in [9.17, 15) is 20.0 Å². The van der Waals surface area contributed by atoms with Crippen molar-refractivity contribution in [3.63, 3.8) is 0 Å². The minimum Gasteiger partial charge on any atom is -0.868 e. The summed E-state index contributed by atoms with van der Waals surface area (Å²) in [7, 11) is 0. The van der Waals surface area contributed by atoms with Gasteiger partial charge in [0.2, 0.25) is 0 Å². The van der Waals surface area contributed by atoms with E-state index in [0.717, 1.165) is 34.7 Å². The van der Waals surface area contributed by atoms with Crippen LogP contribution in [0.1, 0.15) is 5.56 Å². The summed E-state index contributed by atoms with van der Waals surface area (Å²) in [6.45, 7) is 0. The Bertz CT molecular complexity index is 1180. The number of amides is 1. The van der Waals surface area contributed by atoms with Crippen LogP contribution in [0.2, 0.25) is 0 Å². The molecule has 0 aromatic heterocycles. The summed E-state index contributed by atoms with van der Waals surface area (Å²) >= 11 is 6.53. The summed E-state index contributed by atoms with van der Waals surface area (Å²) in [5.41, 5.74) is 0.549. The number of nitro groups is 1. The molecule has 0 aliphatic carbocycles. The largest absolute Gasteiger partial charge is 0.868 e. The lowest BCUT2D eigenvalue weighted by Gasteiger charge is -2.17. The van der Waals surface area contributed by atoms with E-state index in [1.54, 1.807) is 0 Å². The van der Waals surface area contributed by atoms with E-state index in [1.165, 1.54) is 17.0 Å². The number of hydrogen-bond acceptors (Lipinski definition) is 6. The van der Waals surface area contributed by atoms with Crippen LogP contribution in [0, 0.1) is 10.1 Å². The van der Waals surface area contributed by atoms with Crippen molar-refractivity contribution in [3.05, 3.63) is 81.2 Å². The van der Waals surface area contributed by atoms with Crippen molar-refractivity contribution >= 4 is 62.4 Å². The topological polar surface area (TPSA) is 86.5 Å².